The van der Waals surface area contributed by atoms with E-state index >= 15 is 0 Å². The zero-order valence-corrected chi connectivity index (χ0v) is 14.0. The summed E-state index contributed by atoms with van der Waals surface area (Å²) in [5.41, 5.74) is 0.445. The van der Waals surface area contributed by atoms with Gasteiger partial charge in [-0.2, -0.15) is 0 Å². The third-order valence-electron chi connectivity index (χ3n) is 4.11. The Hall–Kier alpha value is -3.42. The first kappa shape index (κ1) is 17.4. The molecule has 1 aliphatic rings. The molecule has 134 valence electrons. The number of esters is 1. The van der Waals surface area contributed by atoms with Crippen LogP contribution in [0.1, 0.15) is 6.42 Å². The Morgan fingerprint density at radius 3 is 2.42 bits per heavy atom. The molecule has 3 rings (SSSR count). The van der Waals surface area contributed by atoms with Crippen LogP contribution in [0.4, 0.5) is 11.4 Å². The molecule has 2 aromatic rings. The molecule has 0 radical (unpaired) electrons. The fourth-order valence-electron chi connectivity index (χ4n) is 2.76. The molecule has 1 heterocycles. The Labute approximate surface area is 149 Å². The van der Waals surface area contributed by atoms with E-state index in [0.717, 1.165) is 0 Å². The number of carbonyl (C=O) groups is 2. The van der Waals surface area contributed by atoms with Gasteiger partial charge < -0.3 is 14.4 Å². The molecule has 0 N–H and O–H groups in total. The van der Waals surface area contributed by atoms with Gasteiger partial charge in [0.05, 0.1) is 18.0 Å². The number of rotatable bonds is 5. The van der Waals surface area contributed by atoms with Crippen molar-refractivity contribution in [1.29, 1.82) is 0 Å². The van der Waals surface area contributed by atoms with Gasteiger partial charge in [0.15, 0.2) is 11.5 Å². The molecule has 1 atom stereocenters. The Morgan fingerprint density at radius 2 is 1.81 bits per heavy atom. The van der Waals surface area contributed by atoms with Gasteiger partial charge in [-0.25, -0.2) is 0 Å². The van der Waals surface area contributed by atoms with Crippen LogP contribution >= 0.6 is 0 Å². The van der Waals surface area contributed by atoms with Crippen LogP contribution in [-0.2, 0) is 9.59 Å². The number of carbonyl (C=O) groups excluding carboxylic acids is 2. The van der Waals surface area contributed by atoms with E-state index in [4.69, 9.17) is 9.47 Å². The van der Waals surface area contributed by atoms with E-state index in [9.17, 15) is 19.7 Å². The molecule has 0 aliphatic carbocycles. The lowest BCUT2D eigenvalue weighted by atomic mass is 10.1. The quantitative estimate of drug-likeness (QED) is 0.353. The highest BCUT2D eigenvalue weighted by Gasteiger charge is 2.36. The Balaban J connectivity index is 1.70. The van der Waals surface area contributed by atoms with Crippen LogP contribution in [0.3, 0.4) is 0 Å². The molecule has 1 amide bonds. The van der Waals surface area contributed by atoms with Crippen LogP contribution in [0, 0.1) is 16.0 Å². The minimum atomic E-state index is -0.623. The summed E-state index contributed by atoms with van der Waals surface area (Å²) < 4.78 is 10.5. The van der Waals surface area contributed by atoms with Crippen molar-refractivity contribution in [3.63, 3.8) is 0 Å². The van der Waals surface area contributed by atoms with Crippen LogP contribution in [0.2, 0.25) is 0 Å². The molecule has 26 heavy (non-hydrogen) atoms. The van der Waals surface area contributed by atoms with Crippen molar-refractivity contribution in [3.8, 4) is 11.5 Å². The van der Waals surface area contributed by atoms with Crippen molar-refractivity contribution in [1.82, 2.24) is 0 Å². The van der Waals surface area contributed by atoms with Crippen molar-refractivity contribution in [2.75, 3.05) is 18.6 Å². The van der Waals surface area contributed by atoms with E-state index in [1.54, 1.807) is 24.3 Å². The van der Waals surface area contributed by atoms with Crippen LogP contribution in [0.5, 0.6) is 11.5 Å². The summed E-state index contributed by atoms with van der Waals surface area (Å²) in [5.74, 6) is -0.658. The smallest absolute Gasteiger partial charge is 0.316 e. The van der Waals surface area contributed by atoms with Crippen LogP contribution < -0.4 is 14.4 Å². The molecular formula is C18H16N2O6. The average Bonchev–Trinajstić information content (AvgIpc) is 3.04. The van der Waals surface area contributed by atoms with Gasteiger partial charge >= 0.3 is 5.97 Å². The first-order chi connectivity index (χ1) is 12.5. The molecule has 1 saturated heterocycles. The number of ether oxygens (including phenoxy) is 2. The zero-order chi connectivity index (χ0) is 18.7. The number of hydrogen-bond acceptors (Lipinski definition) is 6. The van der Waals surface area contributed by atoms with E-state index in [0.29, 0.717) is 17.2 Å². The zero-order valence-electron chi connectivity index (χ0n) is 14.0. The van der Waals surface area contributed by atoms with Gasteiger partial charge in [-0.3, -0.25) is 19.7 Å². The number of non-ortho nitro benzene ring substituents is 1. The van der Waals surface area contributed by atoms with Crippen molar-refractivity contribution >= 4 is 23.3 Å². The predicted octanol–water partition coefficient (Wildman–Crippen LogP) is 2.56. The number of benzene rings is 2. The molecule has 0 bridgehead atoms. The fourth-order valence-corrected chi connectivity index (χ4v) is 2.76. The lowest BCUT2D eigenvalue weighted by Gasteiger charge is -2.16. The molecule has 2 aromatic carbocycles. The second kappa shape index (κ2) is 7.22. The van der Waals surface area contributed by atoms with Crippen molar-refractivity contribution in [2.45, 2.75) is 6.42 Å². The molecule has 1 fully saturated rings. The summed E-state index contributed by atoms with van der Waals surface area (Å²) in [6.07, 6.45) is 0.0188. The molecule has 0 unspecified atom stereocenters. The molecule has 0 saturated carbocycles. The van der Waals surface area contributed by atoms with E-state index < -0.39 is 16.8 Å². The van der Waals surface area contributed by atoms with E-state index in [1.807, 2.05) is 0 Å². The van der Waals surface area contributed by atoms with Gasteiger partial charge in [0, 0.05) is 30.8 Å². The van der Waals surface area contributed by atoms with Crippen molar-refractivity contribution < 1.29 is 24.0 Å². The van der Waals surface area contributed by atoms with Crippen LogP contribution in [0.25, 0.3) is 0 Å². The summed E-state index contributed by atoms with van der Waals surface area (Å²) in [4.78, 5) is 36.3. The molecule has 8 heteroatoms. The molecular weight excluding hydrogens is 340 g/mol. The van der Waals surface area contributed by atoms with Gasteiger partial charge in [0.1, 0.15) is 0 Å². The summed E-state index contributed by atoms with van der Waals surface area (Å²) in [6.45, 7) is 0.157. The topological polar surface area (TPSA) is 99.0 Å². The van der Waals surface area contributed by atoms with Gasteiger partial charge in [-0.05, 0) is 24.3 Å². The van der Waals surface area contributed by atoms with Gasteiger partial charge in [-0.15, -0.1) is 0 Å². The number of para-hydroxylation sites is 2. The average molecular weight is 356 g/mol. The SMILES string of the molecule is COc1ccccc1OC(=O)[C@@H]1CC(=O)N(c2ccc([N+](=O)[O-])cc2)C1. The van der Waals surface area contributed by atoms with Crippen LogP contribution in [0.15, 0.2) is 48.5 Å². The molecule has 8 nitrogen and oxygen atoms in total. The highest BCUT2D eigenvalue weighted by molar-refractivity contribution is 5.99. The van der Waals surface area contributed by atoms with Crippen molar-refractivity contribution in [3.05, 3.63) is 58.6 Å². The minimum Gasteiger partial charge on any atom is -0.493 e. The molecule has 1 aliphatic heterocycles. The number of hydrogen-bond donors (Lipinski definition) is 0. The van der Waals surface area contributed by atoms with Crippen molar-refractivity contribution in [2.24, 2.45) is 5.92 Å². The number of amides is 1. The summed E-state index contributed by atoms with van der Waals surface area (Å²) >= 11 is 0. The number of nitro groups is 1. The normalized spacial score (nSPS) is 16.4. The Morgan fingerprint density at radius 1 is 1.15 bits per heavy atom. The molecule has 0 spiro atoms. The largest absolute Gasteiger partial charge is 0.493 e. The number of anilines is 1. The van der Waals surface area contributed by atoms with Gasteiger partial charge in [-0.1, -0.05) is 12.1 Å². The number of nitrogens with zero attached hydrogens (tertiary/aromatic N) is 2. The third kappa shape index (κ3) is 3.49. The standard InChI is InChI=1S/C18H16N2O6/c1-25-15-4-2-3-5-16(15)26-18(22)12-10-17(21)19(11-12)13-6-8-14(9-7-13)20(23)24/h2-9,12H,10-11H2,1H3/t12-/m1/s1. The third-order valence-corrected chi connectivity index (χ3v) is 4.11. The minimum absolute atomic E-state index is 0.0188. The highest BCUT2D eigenvalue weighted by Crippen LogP contribution is 2.30. The second-order valence-corrected chi connectivity index (χ2v) is 5.75. The maximum absolute atomic E-state index is 12.4. The van der Waals surface area contributed by atoms with E-state index in [2.05, 4.69) is 0 Å². The summed E-state index contributed by atoms with van der Waals surface area (Å²) in [5, 5.41) is 10.7. The lowest BCUT2D eigenvalue weighted by Crippen LogP contribution is -2.27. The number of nitro benzene ring substituents is 1. The first-order valence-corrected chi connectivity index (χ1v) is 7.89. The Kier molecular flexibility index (Phi) is 4.83. The van der Waals surface area contributed by atoms with Gasteiger partial charge in [0.2, 0.25) is 5.91 Å². The van der Waals surface area contributed by atoms with Gasteiger partial charge in [0.25, 0.3) is 5.69 Å². The first-order valence-electron chi connectivity index (χ1n) is 7.89. The maximum Gasteiger partial charge on any atom is 0.316 e. The second-order valence-electron chi connectivity index (χ2n) is 5.75. The summed E-state index contributed by atoms with van der Waals surface area (Å²) in [7, 11) is 1.47. The lowest BCUT2D eigenvalue weighted by molar-refractivity contribution is -0.384. The van der Waals surface area contributed by atoms with E-state index in [1.165, 1.54) is 36.3 Å². The Bertz CT molecular complexity index is 849. The highest BCUT2D eigenvalue weighted by atomic mass is 16.6. The number of methoxy groups -OCH3 is 1. The predicted molar refractivity (Wildman–Crippen MR) is 92.2 cm³/mol. The maximum atomic E-state index is 12.4. The fraction of sp³-hybridized carbons (Fsp3) is 0.222. The van der Waals surface area contributed by atoms with E-state index in [-0.39, 0.29) is 24.6 Å². The monoisotopic (exact) mass is 356 g/mol. The summed E-state index contributed by atoms with van der Waals surface area (Å²) in [6, 6.07) is 12.4. The van der Waals surface area contributed by atoms with Crippen LogP contribution in [-0.4, -0.2) is 30.5 Å². The molecule has 0 aromatic heterocycles.